The standard InChI is InChI=1S/C12H9FO2/c13-11-4-2-1-3-9(11)10-6-5-8(14)7-12(10)15/h1-7,14-15H. The van der Waals surface area contributed by atoms with Crippen molar-refractivity contribution in [2.45, 2.75) is 0 Å². The lowest BCUT2D eigenvalue weighted by Gasteiger charge is -2.05. The van der Waals surface area contributed by atoms with Crippen molar-refractivity contribution in [1.29, 1.82) is 0 Å². The van der Waals surface area contributed by atoms with E-state index in [1.165, 1.54) is 24.3 Å². The topological polar surface area (TPSA) is 40.5 Å². The molecular weight excluding hydrogens is 195 g/mol. The van der Waals surface area contributed by atoms with Gasteiger partial charge in [-0.1, -0.05) is 18.2 Å². The normalized spacial score (nSPS) is 10.2. The highest BCUT2D eigenvalue weighted by Gasteiger charge is 2.08. The van der Waals surface area contributed by atoms with E-state index in [1.54, 1.807) is 18.2 Å². The quantitative estimate of drug-likeness (QED) is 0.749. The molecule has 0 aliphatic carbocycles. The van der Waals surface area contributed by atoms with E-state index in [9.17, 15) is 9.50 Å². The van der Waals surface area contributed by atoms with E-state index >= 15 is 0 Å². The average Bonchev–Trinajstić information content (AvgIpc) is 2.20. The van der Waals surface area contributed by atoms with Crippen LogP contribution in [0.5, 0.6) is 11.5 Å². The molecule has 0 heterocycles. The molecule has 0 spiro atoms. The van der Waals surface area contributed by atoms with Gasteiger partial charge >= 0.3 is 0 Å². The average molecular weight is 204 g/mol. The highest BCUT2D eigenvalue weighted by Crippen LogP contribution is 2.33. The van der Waals surface area contributed by atoms with E-state index in [1.807, 2.05) is 0 Å². The Balaban J connectivity index is 2.60. The fourth-order valence-electron chi connectivity index (χ4n) is 1.43. The summed E-state index contributed by atoms with van der Waals surface area (Å²) in [6.45, 7) is 0. The van der Waals surface area contributed by atoms with Gasteiger partial charge in [-0.05, 0) is 18.2 Å². The van der Waals surface area contributed by atoms with Crippen LogP contribution in [0, 0.1) is 5.82 Å². The lowest BCUT2D eigenvalue weighted by Crippen LogP contribution is -1.83. The molecule has 0 aliphatic heterocycles. The minimum atomic E-state index is -0.404. The molecule has 2 rings (SSSR count). The zero-order valence-corrected chi connectivity index (χ0v) is 7.81. The van der Waals surface area contributed by atoms with Gasteiger partial charge in [-0.15, -0.1) is 0 Å². The predicted molar refractivity (Wildman–Crippen MR) is 55.2 cm³/mol. The smallest absolute Gasteiger partial charge is 0.131 e. The minimum absolute atomic E-state index is 0.0485. The molecular formula is C12H9FO2. The van der Waals surface area contributed by atoms with E-state index in [4.69, 9.17) is 5.11 Å². The summed E-state index contributed by atoms with van der Waals surface area (Å²) in [6.07, 6.45) is 0. The molecule has 0 fully saturated rings. The number of rotatable bonds is 1. The van der Waals surface area contributed by atoms with Gasteiger partial charge in [0.25, 0.3) is 0 Å². The molecule has 0 unspecified atom stereocenters. The second kappa shape index (κ2) is 3.61. The van der Waals surface area contributed by atoms with Gasteiger partial charge in [0.15, 0.2) is 0 Å². The van der Waals surface area contributed by atoms with Gasteiger partial charge in [-0.25, -0.2) is 4.39 Å². The summed E-state index contributed by atoms with van der Waals surface area (Å²) >= 11 is 0. The summed E-state index contributed by atoms with van der Waals surface area (Å²) in [4.78, 5) is 0. The third-order valence-electron chi connectivity index (χ3n) is 2.15. The van der Waals surface area contributed by atoms with E-state index in [0.717, 1.165) is 0 Å². The SMILES string of the molecule is Oc1ccc(-c2ccccc2F)c(O)c1. The molecule has 2 N–H and O–H groups in total. The number of aromatic hydroxyl groups is 2. The summed E-state index contributed by atoms with van der Waals surface area (Å²) in [5.41, 5.74) is 0.681. The largest absolute Gasteiger partial charge is 0.508 e. The summed E-state index contributed by atoms with van der Waals surface area (Å²) in [5, 5.41) is 18.6. The molecule has 0 saturated carbocycles. The lowest BCUT2D eigenvalue weighted by molar-refractivity contribution is 0.451. The Morgan fingerprint density at radius 3 is 2.27 bits per heavy atom. The fourth-order valence-corrected chi connectivity index (χ4v) is 1.43. The Morgan fingerprint density at radius 1 is 0.867 bits per heavy atom. The van der Waals surface area contributed by atoms with E-state index < -0.39 is 5.82 Å². The summed E-state index contributed by atoms with van der Waals surface area (Å²) < 4.78 is 13.4. The molecule has 0 bridgehead atoms. The minimum Gasteiger partial charge on any atom is -0.508 e. The van der Waals surface area contributed by atoms with E-state index in [0.29, 0.717) is 11.1 Å². The van der Waals surface area contributed by atoms with Crippen LogP contribution in [0.25, 0.3) is 11.1 Å². The van der Waals surface area contributed by atoms with Gasteiger partial charge < -0.3 is 10.2 Å². The summed E-state index contributed by atoms with van der Waals surface area (Å²) in [6, 6.07) is 10.2. The molecule has 0 aromatic heterocycles. The maximum absolute atomic E-state index is 13.4. The second-order valence-electron chi connectivity index (χ2n) is 3.18. The Hall–Kier alpha value is -2.03. The van der Waals surface area contributed by atoms with Gasteiger partial charge in [-0.2, -0.15) is 0 Å². The van der Waals surface area contributed by atoms with Crippen molar-refractivity contribution < 1.29 is 14.6 Å². The Labute approximate surface area is 86.2 Å². The van der Waals surface area contributed by atoms with Gasteiger partial charge in [0, 0.05) is 17.2 Å². The van der Waals surface area contributed by atoms with Crippen LogP contribution in [0.4, 0.5) is 4.39 Å². The van der Waals surface area contributed by atoms with Crippen LogP contribution in [0.3, 0.4) is 0 Å². The van der Waals surface area contributed by atoms with Crippen molar-refractivity contribution >= 4 is 0 Å². The Morgan fingerprint density at radius 2 is 1.60 bits per heavy atom. The van der Waals surface area contributed by atoms with Crippen LogP contribution in [-0.2, 0) is 0 Å². The van der Waals surface area contributed by atoms with Crippen LogP contribution < -0.4 is 0 Å². The summed E-state index contributed by atoms with van der Waals surface area (Å²) in [7, 11) is 0. The number of hydrogen-bond acceptors (Lipinski definition) is 2. The number of phenols is 2. The summed E-state index contributed by atoms with van der Waals surface area (Å²) in [5.74, 6) is -0.592. The molecule has 3 heteroatoms. The van der Waals surface area contributed by atoms with Gasteiger partial charge in [0.1, 0.15) is 17.3 Å². The first-order valence-corrected chi connectivity index (χ1v) is 4.45. The molecule has 2 aromatic rings. The number of phenolic OH excluding ortho intramolecular Hbond substituents is 2. The van der Waals surface area contributed by atoms with Gasteiger partial charge in [0.2, 0.25) is 0 Å². The molecule has 2 nitrogen and oxygen atoms in total. The zero-order valence-electron chi connectivity index (χ0n) is 7.81. The van der Waals surface area contributed by atoms with Crippen molar-refractivity contribution in [3.05, 3.63) is 48.3 Å². The maximum Gasteiger partial charge on any atom is 0.131 e. The monoisotopic (exact) mass is 204 g/mol. The lowest BCUT2D eigenvalue weighted by atomic mass is 10.0. The molecule has 0 radical (unpaired) electrons. The number of halogens is 1. The molecule has 15 heavy (non-hydrogen) atoms. The van der Waals surface area contributed by atoms with Crippen LogP contribution in [0.1, 0.15) is 0 Å². The molecule has 0 atom stereocenters. The maximum atomic E-state index is 13.4. The number of benzene rings is 2. The molecule has 76 valence electrons. The van der Waals surface area contributed by atoms with E-state index in [2.05, 4.69) is 0 Å². The Bertz CT molecular complexity index is 495. The van der Waals surface area contributed by atoms with Crippen molar-refractivity contribution in [3.63, 3.8) is 0 Å². The molecule has 0 amide bonds. The molecule has 0 aliphatic rings. The van der Waals surface area contributed by atoms with Gasteiger partial charge in [-0.3, -0.25) is 0 Å². The highest BCUT2D eigenvalue weighted by molar-refractivity contribution is 5.71. The zero-order chi connectivity index (χ0) is 10.8. The Kier molecular flexibility index (Phi) is 2.29. The predicted octanol–water partition coefficient (Wildman–Crippen LogP) is 2.90. The van der Waals surface area contributed by atoms with Crippen molar-refractivity contribution in [2.75, 3.05) is 0 Å². The van der Waals surface area contributed by atoms with Crippen LogP contribution >= 0.6 is 0 Å². The van der Waals surface area contributed by atoms with Crippen molar-refractivity contribution in [1.82, 2.24) is 0 Å². The van der Waals surface area contributed by atoms with Crippen molar-refractivity contribution in [3.8, 4) is 22.6 Å². The fraction of sp³-hybridized carbons (Fsp3) is 0. The second-order valence-corrected chi connectivity index (χ2v) is 3.18. The first-order chi connectivity index (χ1) is 7.18. The van der Waals surface area contributed by atoms with Gasteiger partial charge in [0.05, 0.1) is 0 Å². The first kappa shape index (κ1) is 9.52. The van der Waals surface area contributed by atoms with Crippen LogP contribution in [0.2, 0.25) is 0 Å². The number of hydrogen-bond donors (Lipinski definition) is 2. The third kappa shape index (κ3) is 1.76. The highest BCUT2D eigenvalue weighted by atomic mass is 19.1. The first-order valence-electron chi connectivity index (χ1n) is 4.45. The van der Waals surface area contributed by atoms with Crippen LogP contribution in [-0.4, -0.2) is 10.2 Å². The van der Waals surface area contributed by atoms with E-state index in [-0.39, 0.29) is 11.5 Å². The third-order valence-corrected chi connectivity index (χ3v) is 2.15. The molecule has 0 saturated heterocycles. The molecule has 2 aromatic carbocycles. The van der Waals surface area contributed by atoms with Crippen LogP contribution in [0.15, 0.2) is 42.5 Å². The van der Waals surface area contributed by atoms with Crippen molar-refractivity contribution in [2.24, 2.45) is 0 Å².